The number of anilines is 1. The molecule has 18 heavy (non-hydrogen) atoms. The van der Waals surface area contributed by atoms with Crippen LogP contribution in [0, 0.1) is 0 Å². The minimum atomic E-state index is -1.29. The summed E-state index contributed by atoms with van der Waals surface area (Å²) >= 11 is 0. The van der Waals surface area contributed by atoms with Crippen LogP contribution < -0.4 is 16.4 Å². The van der Waals surface area contributed by atoms with Crippen LogP contribution in [-0.2, 0) is 9.59 Å². The lowest BCUT2D eigenvalue weighted by molar-refractivity contribution is -0.126. The van der Waals surface area contributed by atoms with Crippen molar-refractivity contribution in [3.05, 3.63) is 30.3 Å². The maximum Gasteiger partial charge on any atom is 0.247 e. The molecule has 6 heteroatoms. The van der Waals surface area contributed by atoms with E-state index in [1.165, 1.54) is 0 Å². The van der Waals surface area contributed by atoms with Crippen LogP contribution in [0.1, 0.15) is 6.92 Å². The quantitative estimate of drug-likeness (QED) is 0.544. The first kappa shape index (κ1) is 14.1. The molecule has 0 bridgehead atoms. The van der Waals surface area contributed by atoms with Gasteiger partial charge in [0.05, 0.1) is 6.04 Å². The van der Waals surface area contributed by atoms with E-state index >= 15 is 0 Å². The van der Waals surface area contributed by atoms with Crippen molar-refractivity contribution in [2.75, 3.05) is 11.9 Å². The van der Waals surface area contributed by atoms with Gasteiger partial charge in [0.2, 0.25) is 11.8 Å². The van der Waals surface area contributed by atoms with Crippen molar-refractivity contribution in [3.8, 4) is 0 Å². The van der Waals surface area contributed by atoms with Crippen molar-refractivity contribution in [1.82, 2.24) is 5.32 Å². The molecule has 0 aromatic heterocycles. The van der Waals surface area contributed by atoms with Gasteiger partial charge in [-0.25, -0.2) is 0 Å². The molecular formula is C12H17N3O3. The first-order valence-electron chi connectivity index (χ1n) is 5.57. The van der Waals surface area contributed by atoms with E-state index in [9.17, 15) is 14.7 Å². The Morgan fingerprint density at radius 3 is 2.50 bits per heavy atom. The predicted molar refractivity (Wildman–Crippen MR) is 67.7 cm³/mol. The average Bonchev–Trinajstić information content (AvgIpc) is 2.36. The average molecular weight is 251 g/mol. The van der Waals surface area contributed by atoms with Crippen molar-refractivity contribution < 1.29 is 14.7 Å². The normalized spacial score (nSPS) is 13.7. The summed E-state index contributed by atoms with van der Waals surface area (Å²) in [6, 6.07) is 8.46. The van der Waals surface area contributed by atoms with Crippen molar-refractivity contribution in [3.63, 3.8) is 0 Å². The highest BCUT2D eigenvalue weighted by Gasteiger charge is 2.16. The number of amides is 2. The third kappa shape index (κ3) is 4.52. The molecule has 0 aliphatic heterocycles. The summed E-state index contributed by atoms with van der Waals surface area (Å²) in [6.45, 7) is 1.57. The van der Waals surface area contributed by atoms with E-state index < -0.39 is 18.1 Å². The zero-order valence-electron chi connectivity index (χ0n) is 10.1. The van der Waals surface area contributed by atoms with E-state index in [0.29, 0.717) is 5.69 Å². The molecule has 2 amide bonds. The van der Waals surface area contributed by atoms with Crippen molar-refractivity contribution in [1.29, 1.82) is 0 Å². The van der Waals surface area contributed by atoms with Crippen LogP contribution in [0.25, 0.3) is 0 Å². The molecule has 2 unspecified atom stereocenters. The second-order valence-electron chi connectivity index (χ2n) is 3.90. The second-order valence-corrected chi connectivity index (χ2v) is 3.90. The van der Waals surface area contributed by atoms with Gasteiger partial charge in [-0.15, -0.1) is 0 Å². The van der Waals surface area contributed by atoms with E-state index in [-0.39, 0.29) is 12.5 Å². The fourth-order valence-electron chi connectivity index (χ4n) is 1.25. The number of aliphatic hydroxyl groups is 1. The third-order valence-electron chi connectivity index (χ3n) is 2.38. The third-order valence-corrected chi connectivity index (χ3v) is 2.38. The second kappa shape index (κ2) is 6.73. The first-order chi connectivity index (χ1) is 8.50. The van der Waals surface area contributed by atoms with Crippen molar-refractivity contribution in [2.45, 2.75) is 19.1 Å². The van der Waals surface area contributed by atoms with E-state index in [2.05, 4.69) is 10.6 Å². The van der Waals surface area contributed by atoms with Crippen LogP contribution in [-0.4, -0.2) is 35.6 Å². The van der Waals surface area contributed by atoms with Gasteiger partial charge < -0.3 is 21.5 Å². The number of carbonyl (C=O) groups is 2. The highest BCUT2D eigenvalue weighted by molar-refractivity contribution is 5.94. The smallest absolute Gasteiger partial charge is 0.247 e. The summed E-state index contributed by atoms with van der Waals surface area (Å²) in [7, 11) is 0. The Morgan fingerprint density at radius 1 is 1.33 bits per heavy atom. The zero-order chi connectivity index (χ0) is 13.5. The summed E-state index contributed by atoms with van der Waals surface area (Å²) in [5, 5.41) is 14.6. The van der Waals surface area contributed by atoms with Crippen molar-refractivity contribution >= 4 is 17.5 Å². The number of rotatable bonds is 6. The van der Waals surface area contributed by atoms with Gasteiger partial charge in [0.1, 0.15) is 6.10 Å². The van der Waals surface area contributed by atoms with Crippen LogP contribution in [0.15, 0.2) is 30.3 Å². The molecular weight excluding hydrogens is 234 g/mol. The predicted octanol–water partition coefficient (Wildman–Crippen LogP) is -0.551. The van der Waals surface area contributed by atoms with Crippen LogP contribution in [0.2, 0.25) is 0 Å². The molecule has 0 heterocycles. The molecule has 1 aromatic carbocycles. The van der Waals surface area contributed by atoms with Gasteiger partial charge in [0.25, 0.3) is 0 Å². The van der Waals surface area contributed by atoms with E-state index in [1.807, 2.05) is 18.2 Å². The fourth-order valence-corrected chi connectivity index (χ4v) is 1.25. The Hall–Kier alpha value is -1.92. The van der Waals surface area contributed by atoms with Crippen LogP contribution in [0.5, 0.6) is 0 Å². The molecule has 1 aromatic rings. The molecule has 2 atom stereocenters. The maximum atomic E-state index is 11.7. The number of primary amides is 1. The SMILES string of the molecule is CC(NCC(O)C(N)=O)C(=O)Nc1ccccc1. The van der Waals surface area contributed by atoms with Gasteiger partial charge >= 0.3 is 0 Å². The maximum absolute atomic E-state index is 11.7. The molecule has 0 saturated carbocycles. The van der Waals surface area contributed by atoms with Gasteiger partial charge in [0, 0.05) is 12.2 Å². The number of carbonyl (C=O) groups excluding carboxylic acids is 2. The van der Waals surface area contributed by atoms with Gasteiger partial charge in [-0.05, 0) is 19.1 Å². The molecule has 98 valence electrons. The lowest BCUT2D eigenvalue weighted by Gasteiger charge is -2.15. The first-order valence-corrected chi connectivity index (χ1v) is 5.57. The standard InChI is InChI=1S/C12H17N3O3/c1-8(14-7-10(16)11(13)17)12(18)15-9-5-3-2-4-6-9/h2-6,8,10,14,16H,7H2,1H3,(H2,13,17)(H,15,18). The summed E-state index contributed by atoms with van der Waals surface area (Å²) < 4.78 is 0. The summed E-state index contributed by atoms with van der Waals surface area (Å²) in [4.78, 5) is 22.3. The number of aliphatic hydroxyl groups excluding tert-OH is 1. The Balaban J connectivity index is 2.40. The Labute approximate surface area is 105 Å². The molecule has 1 rings (SSSR count). The van der Waals surface area contributed by atoms with Crippen LogP contribution in [0.3, 0.4) is 0 Å². The summed E-state index contributed by atoms with van der Waals surface area (Å²) in [6.07, 6.45) is -1.29. The van der Waals surface area contributed by atoms with Crippen LogP contribution in [0.4, 0.5) is 5.69 Å². The number of benzene rings is 1. The van der Waals surface area contributed by atoms with E-state index in [1.54, 1.807) is 19.1 Å². The number of hydrogen-bond acceptors (Lipinski definition) is 4. The number of para-hydroxylation sites is 1. The number of nitrogens with one attached hydrogen (secondary N) is 2. The monoisotopic (exact) mass is 251 g/mol. The van der Waals surface area contributed by atoms with Gasteiger partial charge in [0.15, 0.2) is 0 Å². The van der Waals surface area contributed by atoms with E-state index in [0.717, 1.165) is 0 Å². The molecule has 0 aliphatic carbocycles. The topological polar surface area (TPSA) is 104 Å². The molecule has 0 spiro atoms. The van der Waals surface area contributed by atoms with Crippen LogP contribution >= 0.6 is 0 Å². The number of hydrogen-bond donors (Lipinski definition) is 4. The van der Waals surface area contributed by atoms with Gasteiger partial charge in [-0.2, -0.15) is 0 Å². The Bertz CT molecular complexity index is 408. The fraction of sp³-hybridized carbons (Fsp3) is 0.333. The Morgan fingerprint density at radius 2 is 1.94 bits per heavy atom. The van der Waals surface area contributed by atoms with Gasteiger partial charge in [-0.1, -0.05) is 18.2 Å². The molecule has 0 saturated heterocycles. The molecule has 0 aliphatic rings. The lowest BCUT2D eigenvalue weighted by atomic mass is 10.2. The van der Waals surface area contributed by atoms with Gasteiger partial charge in [-0.3, -0.25) is 9.59 Å². The van der Waals surface area contributed by atoms with E-state index in [4.69, 9.17) is 5.73 Å². The number of nitrogens with two attached hydrogens (primary N) is 1. The Kier molecular flexibility index (Phi) is 5.29. The molecule has 6 nitrogen and oxygen atoms in total. The minimum Gasteiger partial charge on any atom is -0.382 e. The summed E-state index contributed by atoms with van der Waals surface area (Å²) in [5.41, 5.74) is 5.58. The lowest BCUT2D eigenvalue weighted by Crippen LogP contribution is -2.45. The largest absolute Gasteiger partial charge is 0.382 e. The summed E-state index contributed by atoms with van der Waals surface area (Å²) in [5.74, 6) is -1.07. The minimum absolute atomic E-state index is 0.0568. The highest BCUT2D eigenvalue weighted by atomic mass is 16.3. The molecule has 5 N–H and O–H groups in total. The molecule has 0 radical (unpaired) electrons. The zero-order valence-corrected chi connectivity index (χ0v) is 10.1. The van der Waals surface area contributed by atoms with Crippen molar-refractivity contribution in [2.24, 2.45) is 5.73 Å². The highest BCUT2D eigenvalue weighted by Crippen LogP contribution is 2.05. The molecule has 0 fully saturated rings.